The summed E-state index contributed by atoms with van der Waals surface area (Å²) in [7, 11) is 0. The van der Waals surface area contributed by atoms with Gasteiger partial charge in [-0.25, -0.2) is 15.0 Å². The standard InChI is InChI=1S/C59H37N5/c1-2-15-41(16-3-1)57-60-58(62-59(61-57)44-26-25-38-13-4-5-17-43(38)37-44)42-29-34-46(35-30-42)64-55-48(21-12-22-51(55)52-36-31-39-14-6-7-18-47(39)56(52)64)40-27-32-45(33-28-40)63-53-23-10-8-19-49(53)50-20-9-11-24-54(50)63/h1-37H. The fourth-order valence-electron chi connectivity index (χ4n) is 9.75. The molecule has 0 spiro atoms. The van der Waals surface area contributed by atoms with Crippen LogP contribution in [-0.2, 0) is 0 Å². The Labute approximate surface area is 368 Å². The molecule has 0 radical (unpaired) electrons. The molecule has 0 fully saturated rings. The van der Waals surface area contributed by atoms with E-state index in [1.807, 2.05) is 18.2 Å². The van der Waals surface area contributed by atoms with Gasteiger partial charge in [0.15, 0.2) is 17.5 Å². The molecule has 0 N–H and O–H groups in total. The van der Waals surface area contributed by atoms with E-state index in [1.54, 1.807) is 0 Å². The summed E-state index contributed by atoms with van der Waals surface area (Å²) >= 11 is 0. The zero-order chi connectivity index (χ0) is 42.1. The fraction of sp³-hybridized carbons (Fsp3) is 0. The molecule has 298 valence electrons. The van der Waals surface area contributed by atoms with E-state index in [2.05, 4.69) is 215 Å². The predicted molar refractivity (Wildman–Crippen MR) is 265 cm³/mol. The van der Waals surface area contributed by atoms with Gasteiger partial charge in [0.2, 0.25) is 0 Å². The molecule has 64 heavy (non-hydrogen) atoms. The smallest absolute Gasteiger partial charge is 0.164 e. The van der Waals surface area contributed by atoms with Crippen molar-refractivity contribution in [2.45, 2.75) is 0 Å². The van der Waals surface area contributed by atoms with Crippen molar-refractivity contribution in [2.24, 2.45) is 0 Å². The number of rotatable bonds is 6. The fourth-order valence-corrected chi connectivity index (χ4v) is 9.75. The molecule has 0 saturated heterocycles. The summed E-state index contributed by atoms with van der Waals surface area (Å²) in [4.78, 5) is 15.2. The first kappa shape index (κ1) is 36.0. The monoisotopic (exact) mass is 815 g/mol. The summed E-state index contributed by atoms with van der Waals surface area (Å²) in [5.41, 5.74) is 12.1. The Morgan fingerprint density at radius 3 is 1.45 bits per heavy atom. The lowest BCUT2D eigenvalue weighted by Crippen LogP contribution is -2.01. The molecular weight excluding hydrogens is 779 g/mol. The third kappa shape index (κ3) is 5.75. The van der Waals surface area contributed by atoms with Crippen molar-refractivity contribution in [3.8, 4) is 56.7 Å². The maximum Gasteiger partial charge on any atom is 0.164 e. The molecular formula is C59H37N5. The van der Waals surface area contributed by atoms with Crippen LogP contribution in [0.15, 0.2) is 224 Å². The highest BCUT2D eigenvalue weighted by Crippen LogP contribution is 2.42. The van der Waals surface area contributed by atoms with Gasteiger partial charge in [-0.1, -0.05) is 170 Å². The lowest BCUT2D eigenvalue weighted by molar-refractivity contribution is 1.07. The van der Waals surface area contributed by atoms with Crippen LogP contribution in [0, 0.1) is 0 Å². The van der Waals surface area contributed by atoms with Crippen LogP contribution in [0.25, 0.3) is 122 Å². The Bertz CT molecular complexity index is 3880. The summed E-state index contributed by atoms with van der Waals surface area (Å²) in [6.07, 6.45) is 0. The minimum Gasteiger partial charge on any atom is -0.309 e. The van der Waals surface area contributed by atoms with Gasteiger partial charge >= 0.3 is 0 Å². The maximum atomic E-state index is 5.12. The van der Waals surface area contributed by atoms with Crippen LogP contribution >= 0.6 is 0 Å². The molecule has 0 aliphatic carbocycles. The normalized spacial score (nSPS) is 11.8. The first-order chi connectivity index (χ1) is 31.7. The van der Waals surface area contributed by atoms with Crippen LogP contribution in [0.5, 0.6) is 0 Å². The molecule has 0 aliphatic heterocycles. The largest absolute Gasteiger partial charge is 0.309 e. The molecule has 3 heterocycles. The Morgan fingerprint density at radius 1 is 0.266 bits per heavy atom. The molecule has 5 heteroatoms. The van der Waals surface area contributed by atoms with Crippen molar-refractivity contribution in [1.29, 1.82) is 0 Å². The maximum absolute atomic E-state index is 5.12. The summed E-state index contributed by atoms with van der Waals surface area (Å²) in [5.74, 6) is 1.90. The van der Waals surface area contributed by atoms with Gasteiger partial charge in [0.25, 0.3) is 0 Å². The van der Waals surface area contributed by atoms with Crippen LogP contribution in [0.2, 0.25) is 0 Å². The lowest BCUT2D eigenvalue weighted by Gasteiger charge is -2.14. The van der Waals surface area contributed by atoms with Crippen molar-refractivity contribution in [1.82, 2.24) is 24.1 Å². The minimum absolute atomic E-state index is 0.625. The van der Waals surface area contributed by atoms with Crippen molar-refractivity contribution in [3.63, 3.8) is 0 Å². The zero-order valence-electron chi connectivity index (χ0n) is 34.6. The van der Waals surface area contributed by atoms with Crippen molar-refractivity contribution < 1.29 is 0 Å². The van der Waals surface area contributed by atoms with E-state index in [-0.39, 0.29) is 0 Å². The van der Waals surface area contributed by atoms with Crippen LogP contribution in [0.4, 0.5) is 0 Å². The highest BCUT2D eigenvalue weighted by Gasteiger charge is 2.20. The van der Waals surface area contributed by atoms with Crippen LogP contribution in [0.3, 0.4) is 0 Å². The summed E-state index contributed by atoms with van der Waals surface area (Å²) in [5, 5.41) is 9.66. The first-order valence-corrected chi connectivity index (χ1v) is 21.7. The molecule has 0 bridgehead atoms. The van der Waals surface area contributed by atoms with Gasteiger partial charge in [0.1, 0.15) is 0 Å². The second-order valence-electron chi connectivity index (χ2n) is 16.4. The number of para-hydroxylation sites is 3. The zero-order valence-corrected chi connectivity index (χ0v) is 34.6. The third-order valence-electron chi connectivity index (χ3n) is 12.7. The lowest BCUT2D eigenvalue weighted by atomic mass is 10.0. The van der Waals surface area contributed by atoms with Gasteiger partial charge in [0, 0.05) is 60.6 Å². The van der Waals surface area contributed by atoms with Gasteiger partial charge in [-0.3, -0.25) is 0 Å². The van der Waals surface area contributed by atoms with Crippen LogP contribution < -0.4 is 0 Å². The average Bonchev–Trinajstić information content (AvgIpc) is 3.90. The quantitative estimate of drug-likeness (QED) is 0.168. The Balaban J connectivity index is 0.975. The Kier molecular flexibility index (Phi) is 8.15. The molecule has 0 aliphatic rings. The number of nitrogens with zero attached hydrogens (tertiary/aromatic N) is 5. The molecule has 0 unspecified atom stereocenters. The van der Waals surface area contributed by atoms with Gasteiger partial charge in [-0.15, -0.1) is 0 Å². The SMILES string of the molecule is c1ccc(-c2nc(-c3ccc(-n4c5c(-c6ccc(-n7c8ccccc8c8ccccc87)cc6)cccc5c5ccc6ccccc6c54)cc3)nc(-c3ccc4ccccc4c3)n2)cc1. The number of hydrogen-bond acceptors (Lipinski definition) is 3. The van der Waals surface area contributed by atoms with E-state index in [0.29, 0.717) is 17.5 Å². The highest BCUT2D eigenvalue weighted by atomic mass is 15.0. The summed E-state index contributed by atoms with van der Waals surface area (Å²) in [6, 6.07) is 80.0. The average molecular weight is 816 g/mol. The van der Waals surface area contributed by atoms with E-state index in [1.165, 1.54) is 59.8 Å². The number of benzene rings is 10. The van der Waals surface area contributed by atoms with Crippen LogP contribution in [0.1, 0.15) is 0 Å². The van der Waals surface area contributed by atoms with Gasteiger partial charge in [-0.2, -0.15) is 0 Å². The predicted octanol–water partition coefficient (Wildman–Crippen LogP) is 15.0. The molecule has 0 saturated carbocycles. The second-order valence-corrected chi connectivity index (χ2v) is 16.4. The third-order valence-corrected chi connectivity index (χ3v) is 12.7. The van der Waals surface area contributed by atoms with Crippen LogP contribution in [-0.4, -0.2) is 24.1 Å². The highest BCUT2D eigenvalue weighted by molar-refractivity contribution is 6.21. The van der Waals surface area contributed by atoms with E-state index in [9.17, 15) is 0 Å². The molecule has 0 amide bonds. The molecule has 3 aromatic heterocycles. The van der Waals surface area contributed by atoms with Crippen molar-refractivity contribution in [2.75, 3.05) is 0 Å². The molecule has 13 rings (SSSR count). The van der Waals surface area contributed by atoms with E-state index >= 15 is 0 Å². The van der Waals surface area contributed by atoms with E-state index in [0.717, 1.165) is 44.5 Å². The van der Waals surface area contributed by atoms with E-state index < -0.39 is 0 Å². The number of fused-ring (bicyclic) bond motifs is 9. The van der Waals surface area contributed by atoms with Gasteiger partial charge in [0.05, 0.1) is 22.1 Å². The number of hydrogen-bond donors (Lipinski definition) is 0. The molecule has 10 aromatic carbocycles. The summed E-state index contributed by atoms with van der Waals surface area (Å²) in [6.45, 7) is 0. The number of aromatic nitrogens is 5. The molecule has 13 aromatic rings. The topological polar surface area (TPSA) is 48.5 Å². The van der Waals surface area contributed by atoms with Crippen molar-refractivity contribution >= 4 is 65.2 Å². The summed E-state index contributed by atoms with van der Waals surface area (Å²) < 4.78 is 4.83. The Hall–Kier alpha value is -8.67. The van der Waals surface area contributed by atoms with Crippen molar-refractivity contribution in [3.05, 3.63) is 224 Å². The van der Waals surface area contributed by atoms with Gasteiger partial charge < -0.3 is 9.13 Å². The molecule has 0 atom stereocenters. The Morgan fingerprint density at radius 2 is 0.750 bits per heavy atom. The van der Waals surface area contributed by atoms with E-state index in [4.69, 9.17) is 15.0 Å². The minimum atomic E-state index is 0.625. The molecule has 5 nitrogen and oxygen atoms in total. The second kappa shape index (κ2) is 14.5. The first-order valence-electron chi connectivity index (χ1n) is 21.7. The van der Waals surface area contributed by atoms with Gasteiger partial charge in [-0.05, 0) is 76.3 Å².